The molecule has 1 atom stereocenters. The topological polar surface area (TPSA) is 117 Å². The monoisotopic (exact) mass is 399 g/mol. The number of pyridine rings is 1. The van der Waals surface area contributed by atoms with Gasteiger partial charge in [0.2, 0.25) is 11.8 Å². The number of aromatic carboxylic acids is 1. The molecule has 1 aliphatic rings. The summed E-state index contributed by atoms with van der Waals surface area (Å²) in [7, 11) is 0. The standard InChI is InChI=1S/C19H16N2O6S/c1-2-27-19(26)11-6-3-4-8-13(11)21-15(22)10-14(17(21)23)28-16-12(18(24)25)7-5-9-20-16/h3-9,14H,2,10H2,1H3,(H,24,25)/p-1/t14-/m0/s1. The van der Waals surface area contributed by atoms with Crippen LogP contribution in [0.1, 0.15) is 34.1 Å². The van der Waals surface area contributed by atoms with Gasteiger partial charge in [0.25, 0.3) is 0 Å². The van der Waals surface area contributed by atoms with E-state index in [0.717, 1.165) is 16.7 Å². The molecule has 0 unspecified atom stereocenters. The summed E-state index contributed by atoms with van der Waals surface area (Å²) >= 11 is 0.881. The average Bonchev–Trinajstić information content (AvgIpc) is 2.95. The van der Waals surface area contributed by atoms with E-state index in [1.54, 1.807) is 19.1 Å². The van der Waals surface area contributed by atoms with Crippen LogP contribution in [0.25, 0.3) is 0 Å². The molecule has 1 aromatic heterocycles. The predicted octanol–water partition coefficient (Wildman–Crippen LogP) is 1.05. The Labute approximate surface area is 164 Å². The third-order valence-electron chi connectivity index (χ3n) is 3.99. The molecule has 0 spiro atoms. The van der Waals surface area contributed by atoms with E-state index in [0.29, 0.717) is 0 Å². The molecule has 0 radical (unpaired) electrons. The molecule has 1 fully saturated rings. The summed E-state index contributed by atoms with van der Waals surface area (Å²) < 4.78 is 4.99. The number of carbonyl (C=O) groups excluding carboxylic acids is 4. The molecule has 0 aliphatic carbocycles. The second-order valence-electron chi connectivity index (χ2n) is 5.76. The van der Waals surface area contributed by atoms with Gasteiger partial charge in [-0.25, -0.2) is 14.7 Å². The van der Waals surface area contributed by atoms with E-state index in [2.05, 4.69) is 4.98 Å². The minimum atomic E-state index is -1.42. The lowest BCUT2D eigenvalue weighted by atomic mass is 10.1. The number of carboxylic acid groups (broad SMARTS) is 1. The number of hydrogen-bond donors (Lipinski definition) is 0. The molecule has 28 heavy (non-hydrogen) atoms. The van der Waals surface area contributed by atoms with Crippen molar-refractivity contribution in [2.24, 2.45) is 0 Å². The lowest BCUT2D eigenvalue weighted by molar-refractivity contribution is -0.255. The van der Waals surface area contributed by atoms with Gasteiger partial charge >= 0.3 is 5.97 Å². The highest BCUT2D eigenvalue weighted by Crippen LogP contribution is 2.35. The fourth-order valence-corrected chi connectivity index (χ4v) is 3.88. The van der Waals surface area contributed by atoms with Crippen LogP contribution in [0.15, 0.2) is 47.6 Å². The number of amides is 2. The van der Waals surface area contributed by atoms with Crippen molar-refractivity contribution in [3.63, 3.8) is 0 Å². The van der Waals surface area contributed by atoms with Gasteiger partial charge < -0.3 is 14.6 Å². The first-order chi connectivity index (χ1) is 13.4. The number of nitrogens with zero attached hydrogens (tertiary/aromatic N) is 2. The van der Waals surface area contributed by atoms with Crippen LogP contribution in [0.3, 0.4) is 0 Å². The SMILES string of the molecule is CCOC(=O)c1ccccc1N1C(=O)C[C@H](Sc2ncccc2C(=O)[O-])C1=O. The first kappa shape index (κ1) is 19.6. The van der Waals surface area contributed by atoms with Crippen LogP contribution in [-0.4, -0.2) is 40.6 Å². The fourth-order valence-electron chi connectivity index (χ4n) is 2.77. The van der Waals surface area contributed by atoms with Crippen molar-refractivity contribution in [1.82, 2.24) is 4.98 Å². The van der Waals surface area contributed by atoms with Gasteiger partial charge in [0.1, 0.15) is 5.03 Å². The molecule has 3 rings (SSSR count). The minimum absolute atomic E-state index is 0.0918. The van der Waals surface area contributed by atoms with Crippen LogP contribution in [0.2, 0.25) is 0 Å². The van der Waals surface area contributed by atoms with Crippen LogP contribution >= 0.6 is 11.8 Å². The highest BCUT2D eigenvalue weighted by atomic mass is 32.2. The molecule has 0 bridgehead atoms. The Morgan fingerprint density at radius 1 is 1.21 bits per heavy atom. The molecule has 2 heterocycles. The number of carboxylic acids is 1. The Kier molecular flexibility index (Phi) is 5.74. The first-order valence-corrected chi connectivity index (χ1v) is 9.28. The van der Waals surface area contributed by atoms with Crippen molar-refractivity contribution in [2.45, 2.75) is 23.6 Å². The quantitative estimate of drug-likeness (QED) is 0.523. The third kappa shape index (κ3) is 3.74. The second kappa shape index (κ2) is 8.22. The number of benzene rings is 1. The number of rotatable bonds is 6. The summed E-state index contributed by atoms with van der Waals surface area (Å²) in [6.07, 6.45) is 1.24. The van der Waals surface area contributed by atoms with E-state index in [-0.39, 0.29) is 34.9 Å². The number of imide groups is 1. The normalized spacial score (nSPS) is 16.3. The van der Waals surface area contributed by atoms with Crippen LogP contribution in [0, 0.1) is 0 Å². The van der Waals surface area contributed by atoms with E-state index < -0.39 is 29.0 Å². The van der Waals surface area contributed by atoms with Gasteiger partial charge in [-0.05, 0) is 31.2 Å². The Morgan fingerprint density at radius 2 is 1.93 bits per heavy atom. The lowest BCUT2D eigenvalue weighted by Gasteiger charge is -2.18. The molecule has 9 heteroatoms. The van der Waals surface area contributed by atoms with Crippen LogP contribution in [0.4, 0.5) is 5.69 Å². The Hall–Kier alpha value is -3.20. The molecular weight excluding hydrogens is 384 g/mol. The van der Waals surface area contributed by atoms with Gasteiger partial charge in [-0.15, -0.1) is 0 Å². The van der Waals surface area contributed by atoms with E-state index in [9.17, 15) is 24.3 Å². The molecule has 2 amide bonds. The first-order valence-electron chi connectivity index (χ1n) is 8.40. The Bertz CT molecular complexity index is 961. The van der Waals surface area contributed by atoms with Crippen molar-refractivity contribution in [1.29, 1.82) is 0 Å². The maximum Gasteiger partial charge on any atom is 0.340 e. The molecule has 8 nitrogen and oxygen atoms in total. The van der Waals surface area contributed by atoms with Crippen molar-refractivity contribution in [3.8, 4) is 0 Å². The summed E-state index contributed by atoms with van der Waals surface area (Å²) in [4.78, 5) is 53.7. The third-order valence-corrected chi connectivity index (χ3v) is 5.19. The van der Waals surface area contributed by atoms with Gasteiger partial charge in [-0.3, -0.25) is 9.59 Å². The number of hydrogen-bond acceptors (Lipinski definition) is 8. The Morgan fingerprint density at radius 3 is 2.64 bits per heavy atom. The van der Waals surface area contributed by atoms with E-state index in [1.165, 1.54) is 30.5 Å². The summed E-state index contributed by atoms with van der Waals surface area (Å²) in [5, 5.41) is 10.5. The van der Waals surface area contributed by atoms with Gasteiger partial charge in [-0.2, -0.15) is 0 Å². The van der Waals surface area contributed by atoms with Gasteiger partial charge in [-0.1, -0.05) is 23.9 Å². The van der Waals surface area contributed by atoms with Crippen molar-refractivity contribution in [3.05, 3.63) is 53.7 Å². The van der Waals surface area contributed by atoms with Gasteiger partial charge in [0, 0.05) is 18.2 Å². The molecule has 2 aromatic rings. The lowest BCUT2D eigenvalue weighted by Crippen LogP contribution is -2.32. The summed E-state index contributed by atoms with van der Waals surface area (Å²) in [6.45, 7) is 1.81. The summed E-state index contributed by atoms with van der Waals surface area (Å²) in [6, 6.07) is 8.93. The fraction of sp³-hybridized carbons (Fsp3) is 0.211. The molecule has 1 aromatic carbocycles. The largest absolute Gasteiger partial charge is 0.545 e. The minimum Gasteiger partial charge on any atom is -0.545 e. The maximum absolute atomic E-state index is 12.9. The van der Waals surface area contributed by atoms with Crippen LogP contribution in [0.5, 0.6) is 0 Å². The number of para-hydroxylation sites is 1. The second-order valence-corrected chi connectivity index (χ2v) is 6.95. The number of ether oxygens (including phenoxy) is 1. The number of aromatic nitrogens is 1. The smallest absolute Gasteiger partial charge is 0.340 e. The number of esters is 1. The van der Waals surface area contributed by atoms with E-state index in [4.69, 9.17) is 4.74 Å². The molecule has 0 saturated carbocycles. The van der Waals surface area contributed by atoms with Gasteiger partial charge in [0.05, 0.1) is 29.1 Å². The van der Waals surface area contributed by atoms with Gasteiger partial charge in [0.15, 0.2) is 0 Å². The highest BCUT2D eigenvalue weighted by molar-refractivity contribution is 8.00. The summed E-state index contributed by atoms with van der Waals surface area (Å²) in [5.41, 5.74) is 0.0864. The predicted molar refractivity (Wildman–Crippen MR) is 97.7 cm³/mol. The zero-order chi connectivity index (χ0) is 20.3. The van der Waals surface area contributed by atoms with E-state index in [1.807, 2.05) is 0 Å². The summed E-state index contributed by atoms with van der Waals surface area (Å²) in [5.74, 6) is -3.11. The number of thioether (sulfide) groups is 1. The van der Waals surface area contributed by atoms with Crippen molar-refractivity contribution in [2.75, 3.05) is 11.5 Å². The molecular formula is C19H15N2O6S-. The zero-order valence-electron chi connectivity index (χ0n) is 14.8. The van der Waals surface area contributed by atoms with Crippen molar-refractivity contribution < 1.29 is 29.0 Å². The molecule has 0 N–H and O–H groups in total. The maximum atomic E-state index is 12.9. The molecule has 1 saturated heterocycles. The van der Waals surface area contributed by atoms with Crippen molar-refractivity contribution >= 4 is 41.2 Å². The van der Waals surface area contributed by atoms with Crippen LogP contribution in [-0.2, 0) is 14.3 Å². The van der Waals surface area contributed by atoms with Crippen LogP contribution < -0.4 is 10.0 Å². The number of carbonyl (C=O) groups is 4. The highest BCUT2D eigenvalue weighted by Gasteiger charge is 2.42. The number of anilines is 1. The molecule has 1 aliphatic heterocycles. The average molecular weight is 399 g/mol. The zero-order valence-corrected chi connectivity index (χ0v) is 15.6. The van der Waals surface area contributed by atoms with E-state index >= 15 is 0 Å². The Balaban J connectivity index is 1.90. The molecule has 144 valence electrons.